The van der Waals surface area contributed by atoms with Crippen molar-refractivity contribution in [2.45, 2.75) is 40.4 Å². The van der Waals surface area contributed by atoms with E-state index in [1.54, 1.807) is 12.1 Å². The van der Waals surface area contributed by atoms with Crippen LogP contribution in [0.2, 0.25) is 0 Å². The van der Waals surface area contributed by atoms with Gasteiger partial charge in [0.25, 0.3) is 0 Å². The van der Waals surface area contributed by atoms with Crippen molar-refractivity contribution in [3.63, 3.8) is 0 Å². The molecule has 0 heterocycles. The van der Waals surface area contributed by atoms with Crippen LogP contribution in [0.3, 0.4) is 0 Å². The lowest BCUT2D eigenvalue weighted by molar-refractivity contribution is 0.463. The zero-order valence-corrected chi connectivity index (χ0v) is 20.0. The molecule has 0 unspecified atom stereocenters. The zero-order chi connectivity index (χ0) is 23.1. The lowest BCUT2D eigenvalue weighted by Crippen LogP contribution is -2.06. The van der Waals surface area contributed by atoms with Crippen LogP contribution >= 0.6 is 0 Å². The van der Waals surface area contributed by atoms with Gasteiger partial charge in [0.1, 0.15) is 10.1 Å². The number of benzene rings is 4. The minimum absolute atomic E-state index is 0.0345. The normalized spacial score (nSPS) is 11.0. The fraction of sp³-hybridized carbons (Fsp3) is 0.111. The number of hydrogen-bond acceptors (Lipinski definition) is 3. The summed E-state index contributed by atoms with van der Waals surface area (Å²) in [6.07, 6.45) is 0. The summed E-state index contributed by atoms with van der Waals surface area (Å²) in [4.78, 5) is 3.98. The van der Waals surface area contributed by atoms with E-state index < -0.39 is 10.1 Å². The van der Waals surface area contributed by atoms with Gasteiger partial charge in [-0.25, -0.2) is 8.42 Å². The smallest absolute Gasteiger partial charge is 0.169 e. The molecule has 5 heteroatoms. The van der Waals surface area contributed by atoms with E-state index in [1.807, 2.05) is 6.92 Å². The van der Waals surface area contributed by atoms with Crippen LogP contribution in [0.4, 0.5) is 0 Å². The Hall–Kier alpha value is -2.86. The quantitative estimate of drug-likeness (QED) is 0.264. The van der Waals surface area contributed by atoms with Crippen LogP contribution in [-0.4, -0.2) is 13.0 Å². The van der Waals surface area contributed by atoms with Gasteiger partial charge in [0, 0.05) is 5.56 Å². The van der Waals surface area contributed by atoms with Crippen molar-refractivity contribution < 1.29 is 13.0 Å². The van der Waals surface area contributed by atoms with Crippen molar-refractivity contribution in [2.24, 2.45) is 0 Å². The number of rotatable bonds is 4. The fourth-order valence-electron chi connectivity index (χ4n) is 3.24. The molecule has 4 aromatic rings. The van der Waals surface area contributed by atoms with Crippen molar-refractivity contribution in [3.8, 4) is 0 Å². The molecule has 0 aliphatic carbocycles. The molecule has 0 spiro atoms. The summed E-state index contributed by atoms with van der Waals surface area (Å²) in [5, 5.41) is 0. The van der Waals surface area contributed by atoms with Gasteiger partial charge in [-0.05, 0) is 63.2 Å². The Balaban J connectivity index is 0.000000222. The molecule has 0 amide bonds. The van der Waals surface area contributed by atoms with E-state index in [0.29, 0.717) is 0 Å². The van der Waals surface area contributed by atoms with Gasteiger partial charge in [0.05, 0.1) is 15.8 Å². The van der Waals surface area contributed by atoms with Gasteiger partial charge in [-0.3, -0.25) is 0 Å². The molecular weight excluding hydrogens is 436 g/mol. The van der Waals surface area contributed by atoms with Crippen LogP contribution in [0.15, 0.2) is 123 Å². The molecule has 4 aromatic carbocycles. The standard InChI is InChI=1S/C20H19S.C7H8O3S/c1-16-13-14-20(17(2)15-16)21(18-9-5-3-6-10-18)19-11-7-4-8-12-19;1-6-2-4-7(5-3-6)11(8,9)10/h3-15H,1-2H3;2-5H,1H3,(H,8,9,10)/q+1;/p-1. The van der Waals surface area contributed by atoms with E-state index in [1.165, 1.54) is 37.9 Å². The first-order valence-corrected chi connectivity index (χ1v) is 12.8. The monoisotopic (exact) mass is 462 g/mol. The summed E-state index contributed by atoms with van der Waals surface area (Å²) in [5.41, 5.74) is 3.62. The molecule has 164 valence electrons. The molecule has 0 fully saturated rings. The largest absolute Gasteiger partial charge is 0.744 e. The Kier molecular flexibility index (Phi) is 7.91. The topological polar surface area (TPSA) is 57.2 Å². The molecule has 0 atom stereocenters. The predicted octanol–water partition coefficient (Wildman–Crippen LogP) is 6.30. The van der Waals surface area contributed by atoms with Crippen LogP contribution in [0.5, 0.6) is 0 Å². The fourth-order valence-corrected chi connectivity index (χ4v) is 5.93. The zero-order valence-electron chi connectivity index (χ0n) is 18.4. The average Bonchev–Trinajstić information content (AvgIpc) is 2.77. The molecule has 0 N–H and O–H groups in total. The van der Waals surface area contributed by atoms with E-state index >= 15 is 0 Å². The van der Waals surface area contributed by atoms with Gasteiger partial charge in [-0.1, -0.05) is 71.8 Å². The lowest BCUT2D eigenvalue weighted by Gasteiger charge is -2.10. The second-order valence-electron chi connectivity index (χ2n) is 7.47. The Bertz CT molecular complexity index is 1210. The van der Waals surface area contributed by atoms with Crippen LogP contribution < -0.4 is 0 Å². The third-order valence-electron chi connectivity index (χ3n) is 4.82. The third kappa shape index (κ3) is 6.33. The molecule has 0 radical (unpaired) electrons. The predicted molar refractivity (Wildman–Crippen MR) is 130 cm³/mol. The highest BCUT2D eigenvalue weighted by atomic mass is 32.2. The Morgan fingerprint density at radius 1 is 0.625 bits per heavy atom. The summed E-state index contributed by atoms with van der Waals surface area (Å²) in [6, 6.07) is 34.2. The average molecular weight is 463 g/mol. The first kappa shape index (κ1) is 23.8. The maximum Gasteiger partial charge on any atom is 0.169 e. The van der Waals surface area contributed by atoms with Crippen LogP contribution in [0, 0.1) is 20.8 Å². The van der Waals surface area contributed by atoms with Gasteiger partial charge >= 0.3 is 0 Å². The summed E-state index contributed by atoms with van der Waals surface area (Å²) in [7, 11) is -4.30. The van der Waals surface area contributed by atoms with Gasteiger partial charge in [0.15, 0.2) is 14.7 Å². The minimum Gasteiger partial charge on any atom is -0.744 e. The Morgan fingerprint density at radius 3 is 1.53 bits per heavy atom. The summed E-state index contributed by atoms with van der Waals surface area (Å²) in [5.74, 6) is 0. The van der Waals surface area contributed by atoms with Crippen molar-refractivity contribution in [1.82, 2.24) is 0 Å². The first-order valence-electron chi connectivity index (χ1n) is 10.2. The van der Waals surface area contributed by atoms with Crippen molar-refractivity contribution in [1.29, 1.82) is 0 Å². The summed E-state index contributed by atoms with van der Waals surface area (Å²) in [6.45, 7) is 6.19. The van der Waals surface area contributed by atoms with Crippen LogP contribution in [-0.2, 0) is 21.0 Å². The maximum absolute atomic E-state index is 10.4. The highest BCUT2D eigenvalue weighted by molar-refractivity contribution is 7.97. The van der Waals surface area contributed by atoms with E-state index in [2.05, 4.69) is 92.7 Å². The highest BCUT2D eigenvalue weighted by Gasteiger charge is 2.29. The van der Waals surface area contributed by atoms with Gasteiger partial charge in [-0.15, -0.1) is 0 Å². The molecule has 0 saturated heterocycles. The van der Waals surface area contributed by atoms with E-state index in [-0.39, 0.29) is 15.8 Å². The van der Waals surface area contributed by atoms with E-state index in [0.717, 1.165) is 5.56 Å². The molecule has 3 nitrogen and oxygen atoms in total. The van der Waals surface area contributed by atoms with Gasteiger partial charge < -0.3 is 4.55 Å². The highest BCUT2D eigenvalue weighted by Crippen LogP contribution is 2.33. The number of hydrogen-bond donors (Lipinski definition) is 0. The molecule has 0 aromatic heterocycles. The Morgan fingerprint density at radius 2 is 1.09 bits per heavy atom. The Labute approximate surface area is 193 Å². The molecule has 0 saturated carbocycles. The second-order valence-corrected chi connectivity index (χ2v) is 10.8. The van der Waals surface area contributed by atoms with Crippen molar-refractivity contribution in [3.05, 3.63) is 120 Å². The summed E-state index contributed by atoms with van der Waals surface area (Å²) < 4.78 is 31.2. The van der Waals surface area contributed by atoms with E-state index in [9.17, 15) is 13.0 Å². The lowest BCUT2D eigenvalue weighted by atomic mass is 10.2. The van der Waals surface area contributed by atoms with Crippen molar-refractivity contribution in [2.75, 3.05) is 0 Å². The van der Waals surface area contributed by atoms with Crippen LogP contribution in [0.25, 0.3) is 0 Å². The summed E-state index contributed by atoms with van der Waals surface area (Å²) >= 11 is 0. The molecule has 0 bridgehead atoms. The first-order chi connectivity index (χ1) is 15.3. The molecule has 0 aliphatic heterocycles. The second kappa shape index (κ2) is 10.6. The SMILES string of the molecule is Cc1ccc(S(=O)(=O)[O-])cc1.Cc1ccc([S+](c2ccccc2)c2ccccc2)c(C)c1. The van der Waals surface area contributed by atoms with Crippen LogP contribution in [0.1, 0.15) is 16.7 Å². The van der Waals surface area contributed by atoms with E-state index in [4.69, 9.17) is 0 Å². The third-order valence-corrected chi connectivity index (χ3v) is 8.05. The van der Waals surface area contributed by atoms with Crippen molar-refractivity contribution >= 4 is 21.0 Å². The maximum atomic E-state index is 10.4. The molecule has 0 aliphatic rings. The van der Waals surface area contributed by atoms with Gasteiger partial charge in [-0.2, -0.15) is 0 Å². The van der Waals surface area contributed by atoms with Gasteiger partial charge in [0.2, 0.25) is 0 Å². The number of aryl methyl sites for hydroxylation is 3. The molecule has 32 heavy (non-hydrogen) atoms. The molecule has 4 rings (SSSR count). The molecular formula is C27H26O3S2. The minimum atomic E-state index is -4.27.